The lowest BCUT2D eigenvalue weighted by Crippen LogP contribution is -2.44. The molecule has 1 aromatic carbocycles. The zero-order valence-electron chi connectivity index (χ0n) is 17.8. The molecule has 7 heteroatoms. The number of rotatable bonds is 5. The molecule has 3 heterocycles. The number of pyridine rings is 1. The third kappa shape index (κ3) is 4.05. The molecule has 0 bridgehead atoms. The van der Waals surface area contributed by atoms with Crippen LogP contribution in [0.25, 0.3) is 10.8 Å². The lowest BCUT2D eigenvalue weighted by Gasteiger charge is -2.33. The Bertz CT molecular complexity index is 1090. The molecule has 0 radical (unpaired) electrons. The second-order valence-electron chi connectivity index (χ2n) is 7.89. The molecule has 0 spiro atoms. The van der Waals surface area contributed by atoms with E-state index in [0.717, 1.165) is 71.8 Å². The second kappa shape index (κ2) is 8.64. The molecular weight excluding hydrogens is 374 g/mol. The monoisotopic (exact) mass is 401 g/mol. The van der Waals surface area contributed by atoms with Crippen LogP contribution in [0, 0.1) is 25.2 Å². The van der Waals surface area contributed by atoms with Crippen LogP contribution in [-0.2, 0) is 6.42 Å². The first-order valence-corrected chi connectivity index (χ1v) is 10.4. The van der Waals surface area contributed by atoms with Gasteiger partial charge in [0.15, 0.2) is 5.82 Å². The molecule has 1 saturated heterocycles. The van der Waals surface area contributed by atoms with Crippen molar-refractivity contribution >= 4 is 22.4 Å². The van der Waals surface area contributed by atoms with Crippen LogP contribution in [0.2, 0.25) is 0 Å². The number of hydrogen-bond acceptors (Lipinski definition) is 7. The number of fused-ring (bicyclic) bond motifs is 1. The maximum absolute atomic E-state index is 9.24. The normalized spacial score (nSPS) is 14.7. The summed E-state index contributed by atoms with van der Waals surface area (Å²) >= 11 is 0. The number of piperazine rings is 1. The molecule has 0 saturated carbocycles. The Balaban J connectivity index is 1.55. The summed E-state index contributed by atoms with van der Waals surface area (Å²) in [5.74, 6) is 1.77. The lowest BCUT2D eigenvalue weighted by atomic mass is 10.0. The molecule has 30 heavy (non-hydrogen) atoms. The van der Waals surface area contributed by atoms with Crippen molar-refractivity contribution in [3.63, 3.8) is 0 Å². The third-order valence-corrected chi connectivity index (χ3v) is 5.91. The van der Waals surface area contributed by atoms with E-state index in [-0.39, 0.29) is 0 Å². The largest absolute Gasteiger partial charge is 0.368 e. The number of hydrogen-bond donors (Lipinski definition) is 1. The van der Waals surface area contributed by atoms with Gasteiger partial charge in [-0.1, -0.05) is 12.1 Å². The van der Waals surface area contributed by atoms with Gasteiger partial charge in [0.1, 0.15) is 5.82 Å². The summed E-state index contributed by atoms with van der Waals surface area (Å²) in [4.78, 5) is 9.36. The molecule has 0 aliphatic carbocycles. The SMILES string of the molecule is Cc1c(C#N)cccc1CCNc1nnc(C)c2cnc(N3CCN(C)CC3)cc12. The van der Waals surface area contributed by atoms with Crippen molar-refractivity contribution in [1.82, 2.24) is 20.1 Å². The fourth-order valence-corrected chi connectivity index (χ4v) is 3.89. The predicted octanol–water partition coefficient (Wildman–Crippen LogP) is 2.92. The molecular formula is C23H27N7. The average Bonchev–Trinajstić information content (AvgIpc) is 2.77. The van der Waals surface area contributed by atoms with Crippen molar-refractivity contribution in [3.8, 4) is 6.07 Å². The van der Waals surface area contributed by atoms with E-state index in [2.05, 4.69) is 50.6 Å². The highest BCUT2D eigenvalue weighted by atomic mass is 15.3. The molecule has 3 aromatic rings. The summed E-state index contributed by atoms with van der Waals surface area (Å²) in [7, 11) is 2.15. The van der Waals surface area contributed by atoms with Crippen LogP contribution in [0.15, 0.2) is 30.5 Å². The van der Waals surface area contributed by atoms with Crippen molar-refractivity contribution in [2.45, 2.75) is 20.3 Å². The van der Waals surface area contributed by atoms with Gasteiger partial charge in [0.25, 0.3) is 0 Å². The smallest absolute Gasteiger partial charge is 0.156 e. The Labute approximate surface area is 177 Å². The van der Waals surface area contributed by atoms with Crippen molar-refractivity contribution in [1.29, 1.82) is 5.26 Å². The van der Waals surface area contributed by atoms with Gasteiger partial charge in [-0.3, -0.25) is 0 Å². The first-order chi connectivity index (χ1) is 14.6. The molecule has 1 aliphatic rings. The number of nitrogens with one attached hydrogen (secondary N) is 1. The predicted molar refractivity (Wildman–Crippen MR) is 120 cm³/mol. The molecule has 2 aromatic heterocycles. The van der Waals surface area contributed by atoms with E-state index in [9.17, 15) is 5.26 Å². The van der Waals surface area contributed by atoms with E-state index in [1.807, 2.05) is 32.2 Å². The van der Waals surface area contributed by atoms with Crippen molar-refractivity contribution in [3.05, 3.63) is 52.8 Å². The second-order valence-corrected chi connectivity index (χ2v) is 7.89. The Morgan fingerprint density at radius 2 is 1.90 bits per heavy atom. The fraction of sp³-hybridized carbons (Fsp3) is 0.391. The van der Waals surface area contributed by atoms with Gasteiger partial charge in [0.05, 0.1) is 17.3 Å². The molecule has 1 aliphatic heterocycles. The number of benzene rings is 1. The van der Waals surface area contributed by atoms with Gasteiger partial charge in [0, 0.05) is 49.7 Å². The van der Waals surface area contributed by atoms with Crippen molar-refractivity contribution in [2.24, 2.45) is 0 Å². The van der Waals surface area contributed by atoms with Crippen LogP contribution in [0.3, 0.4) is 0 Å². The Hall–Kier alpha value is -3.24. The summed E-state index contributed by atoms with van der Waals surface area (Å²) in [5.41, 5.74) is 3.83. The Kier molecular flexibility index (Phi) is 5.77. The first kappa shape index (κ1) is 20.0. The number of aryl methyl sites for hydroxylation is 1. The van der Waals surface area contributed by atoms with E-state index in [4.69, 9.17) is 4.98 Å². The molecule has 1 N–H and O–H groups in total. The average molecular weight is 402 g/mol. The minimum Gasteiger partial charge on any atom is -0.368 e. The molecule has 1 fully saturated rings. The van der Waals surface area contributed by atoms with Gasteiger partial charge in [-0.25, -0.2) is 4.98 Å². The van der Waals surface area contributed by atoms with Gasteiger partial charge in [0.2, 0.25) is 0 Å². The number of anilines is 2. The van der Waals surface area contributed by atoms with Gasteiger partial charge in [-0.2, -0.15) is 10.4 Å². The number of nitrogens with zero attached hydrogens (tertiary/aromatic N) is 6. The first-order valence-electron chi connectivity index (χ1n) is 10.4. The van der Waals surface area contributed by atoms with E-state index >= 15 is 0 Å². The zero-order chi connectivity index (χ0) is 21.1. The van der Waals surface area contributed by atoms with Crippen LogP contribution < -0.4 is 10.2 Å². The minimum atomic E-state index is 0.717. The van der Waals surface area contributed by atoms with Crippen molar-refractivity contribution < 1.29 is 0 Å². The van der Waals surface area contributed by atoms with E-state index < -0.39 is 0 Å². The van der Waals surface area contributed by atoms with Crippen LogP contribution in [0.5, 0.6) is 0 Å². The standard InChI is InChI=1S/C23H27N7/c1-16-18(5-4-6-19(16)14-24)7-8-25-23-20-13-22(30-11-9-29(3)10-12-30)26-15-21(20)17(2)27-28-23/h4-6,13,15H,7-12H2,1-3H3,(H,25,28). The zero-order valence-corrected chi connectivity index (χ0v) is 17.8. The summed E-state index contributed by atoms with van der Waals surface area (Å²) in [6, 6.07) is 10.3. The van der Waals surface area contributed by atoms with Crippen LogP contribution in [-0.4, -0.2) is 59.9 Å². The van der Waals surface area contributed by atoms with E-state index in [1.54, 1.807) is 0 Å². The maximum Gasteiger partial charge on any atom is 0.156 e. The van der Waals surface area contributed by atoms with Crippen LogP contribution in [0.1, 0.15) is 22.4 Å². The highest BCUT2D eigenvalue weighted by Crippen LogP contribution is 2.26. The quantitative estimate of drug-likeness (QED) is 0.704. The van der Waals surface area contributed by atoms with Gasteiger partial charge in [-0.15, -0.1) is 5.10 Å². The highest BCUT2D eigenvalue weighted by molar-refractivity contribution is 5.94. The van der Waals surface area contributed by atoms with Crippen LogP contribution in [0.4, 0.5) is 11.6 Å². The van der Waals surface area contributed by atoms with Gasteiger partial charge < -0.3 is 15.1 Å². The number of likely N-dealkylation sites (N-methyl/N-ethyl adjacent to an activating group) is 1. The highest BCUT2D eigenvalue weighted by Gasteiger charge is 2.17. The lowest BCUT2D eigenvalue weighted by molar-refractivity contribution is 0.312. The Morgan fingerprint density at radius 1 is 1.10 bits per heavy atom. The van der Waals surface area contributed by atoms with E-state index in [1.165, 1.54) is 5.56 Å². The van der Waals surface area contributed by atoms with E-state index in [0.29, 0.717) is 6.54 Å². The topological polar surface area (TPSA) is 81.0 Å². The van der Waals surface area contributed by atoms with Crippen molar-refractivity contribution in [2.75, 3.05) is 50.0 Å². The Morgan fingerprint density at radius 3 is 2.67 bits per heavy atom. The fourth-order valence-electron chi connectivity index (χ4n) is 3.89. The molecule has 4 rings (SSSR count). The molecule has 0 atom stereocenters. The summed E-state index contributed by atoms with van der Waals surface area (Å²) < 4.78 is 0. The van der Waals surface area contributed by atoms with Crippen LogP contribution >= 0.6 is 0 Å². The summed E-state index contributed by atoms with van der Waals surface area (Å²) in [5, 5.41) is 23.5. The molecule has 0 unspecified atom stereocenters. The molecule has 0 amide bonds. The molecule has 154 valence electrons. The van der Waals surface area contributed by atoms with Gasteiger partial charge in [-0.05, 0) is 50.6 Å². The number of aromatic nitrogens is 3. The molecule has 7 nitrogen and oxygen atoms in total. The third-order valence-electron chi connectivity index (χ3n) is 5.91. The maximum atomic E-state index is 9.24. The summed E-state index contributed by atoms with van der Waals surface area (Å²) in [6.45, 7) is 8.72. The summed E-state index contributed by atoms with van der Waals surface area (Å²) in [6.07, 6.45) is 2.73. The minimum absolute atomic E-state index is 0.717. The number of nitriles is 1. The van der Waals surface area contributed by atoms with Gasteiger partial charge >= 0.3 is 0 Å².